The minimum atomic E-state index is -0.515. The Kier molecular flexibility index (Phi) is 7.01. The summed E-state index contributed by atoms with van der Waals surface area (Å²) in [7, 11) is 1.54. The second-order valence-corrected chi connectivity index (χ2v) is 5.21. The van der Waals surface area contributed by atoms with E-state index < -0.39 is 11.2 Å². The van der Waals surface area contributed by atoms with Crippen molar-refractivity contribution in [2.45, 2.75) is 52.1 Å². The molecule has 0 spiro atoms. The van der Waals surface area contributed by atoms with Crippen molar-refractivity contribution >= 4 is 11.5 Å². The Bertz CT molecular complexity index is 550. The van der Waals surface area contributed by atoms with Crippen LogP contribution in [0.5, 0.6) is 0 Å². The predicted molar refractivity (Wildman–Crippen MR) is 84.8 cm³/mol. The highest BCUT2D eigenvalue weighted by Gasteiger charge is 2.14. The molecule has 0 bridgehead atoms. The zero-order valence-corrected chi connectivity index (χ0v) is 13.1. The van der Waals surface area contributed by atoms with Gasteiger partial charge in [-0.15, -0.1) is 0 Å². The van der Waals surface area contributed by atoms with Crippen LogP contribution in [0.15, 0.2) is 9.59 Å². The number of ether oxygens (including phenoxy) is 1. The first-order chi connectivity index (χ1) is 10.0. The molecular formula is C14H26N4O3. The summed E-state index contributed by atoms with van der Waals surface area (Å²) < 4.78 is 6.26. The van der Waals surface area contributed by atoms with E-state index in [2.05, 4.69) is 17.2 Å². The summed E-state index contributed by atoms with van der Waals surface area (Å²) in [5.74, 6) is 0.156. The first-order valence-electron chi connectivity index (χ1n) is 7.39. The molecule has 0 aliphatic carbocycles. The molecule has 1 aromatic heterocycles. The summed E-state index contributed by atoms with van der Waals surface area (Å²) in [6.07, 6.45) is 4.35. The fraction of sp³-hybridized carbons (Fsp3) is 0.714. The number of methoxy groups -OCH3 is 1. The minimum absolute atomic E-state index is 0.119. The molecule has 0 aliphatic heterocycles. The number of nitrogens with two attached hydrogens (primary N) is 1. The molecule has 21 heavy (non-hydrogen) atoms. The number of hydrogen-bond donors (Lipinski definition) is 3. The van der Waals surface area contributed by atoms with Gasteiger partial charge in [-0.25, -0.2) is 4.79 Å². The van der Waals surface area contributed by atoms with Gasteiger partial charge in [-0.2, -0.15) is 0 Å². The van der Waals surface area contributed by atoms with E-state index >= 15 is 0 Å². The number of unbranched alkanes of at least 4 members (excludes halogenated alkanes) is 2. The zero-order valence-electron chi connectivity index (χ0n) is 13.1. The highest BCUT2D eigenvalue weighted by atomic mass is 16.5. The molecule has 120 valence electrons. The van der Waals surface area contributed by atoms with Crippen LogP contribution in [0.3, 0.4) is 0 Å². The van der Waals surface area contributed by atoms with Gasteiger partial charge in [0.2, 0.25) is 0 Å². The van der Waals surface area contributed by atoms with Crippen LogP contribution >= 0.6 is 0 Å². The van der Waals surface area contributed by atoms with Crippen LogP contribution in [0.4, 0.5) is 11.5 Å². The summed E-state index contributed by atoms with van der Waals surface area (Å²) in [6, 6.07) is 0.119. The molecule has 1 atom stereocenters. The summed E-state index contributed by atoms with van der Waals surface area (Å²) in [5.41, 5.74) is 5.22. The van der Waals surface area contributed by atoms with E-state index in [9.17, 15) is 9.59 Å². The minimum Gasteiger partial charge on any atom is -0.383 e. The molecule has 1 aromatic rings. The molecule has 7 heteroatoms. The van der Waals surface area contributed by atoms with Crippen molar-refractivity contribution < 1.29 is 4.74 Å². The van der Waals surface area contributed by atoms with Gasteiger partial charge < -0.3 is 15.8 Å². The van der Waals surface area contributed by atoms with E-state index in [0.717, 1.165) is 25.7 Å². The SMILES string of the molecule is CCCCCC(C)Nc1c(N)n(CCOC)c(=O)[nH]c1=O. The third-order valence-corrected chi connectivity index (χ3v) is 3.39. The van der Waals surface area contributed by atoms with Crippen LogP contribution in [0, 0.1) is 0 Å². The number of nitrogens with one attached hydrogen (secondary N) is 2. The fourth-order valence-corrected chi connectivity index (χ4v) is 2.15. The van der Waals surface area contributed by atoms with Crippen molar-refractivity contribution in [2.75, 3.05) is 24.8 Å². The Labute approximate surface area is 124 Å². The van der Waals surface area contributed by atoms with Crippen molar-refractivity contribution in [3.8, 4) is 0 Å². The number of aromatic nitrogens is 2. The number of aromatic amines is 1. The number of rotatable bonds is 9. The Morgan fingerprint density at radius 3 is 2.71 bits per heavy atom. The average Bonchev–Trinajstić information content (AvgIpc) is 2.43. The topological polar surface area (TPSA) is 102 Å². The van der Waals surface area contributed by atoms with Crippen molar-refractivity contribution in [3.05, 3.63) is 20.8 Å². The average molecular weight is 298 g/mol. The molecule has 0 fully saturated rings. The van der Waals surface area contributed by atoms with Crippen LogP contribution in [0.1, 0.15) is 39.5 Å². The maximum Gasteiger partial charge on any atom is 0.330 e. The number of nitrogen functional groups attached to an aromatic ring is 1. The second-order valence-electron chi connectivity index (χ2n) is 5.21. The number of nitrogens with zero attached hydrogens (tertiary/aromatic N) is 1. The van der Waals surface area contributed by atoms with E-state index in [4.69, 9.17) is 10.5 Å². The molecule has 1 unspecified atom stereocenters. The smallest absolute Gasteiger partial charge is 0.330 e. The Hall–Kier alpha value is -1.76. The summed E-state index contributed by atoms with van der Waals surface area (Å²) in [4.78, 5) is 26.0. The molecule has 1 heterocycles. The Morgan fingerprint density at radius 1 is 1.38 bits per heavy atom. The van der Waals surface area contributed by atoms with Crippen LogP contribution in [-0.2, 0) is 11.3 Å². The maximum absolute atomic E-state index is 11.9. The van der Waals surface area contributed by atoms with Gasteiger partial charge >= 0.3 is 5.69 Å². The standard InChI is InChI=1S/C14H26N4O3/c1-4-5-6-7-10(2)16-11-12(15)18(8-9-21-3)14(20)17-13(11)19/h10,16H,4-9,15H2,1-3H3,(H,17,19,20). The van der Waals surface area contributed by atoms with Crippen LogP contribution in [0.25, 0.3) is 0 Å². The molecule has 0 saturated heterocycles. The monoisotopic (exact) mass is 298 g/mol. The summed E-state index contributed by atoms with van der Waals surface area (Å²) in [6.45, 7) is 4.80. The lowest BCUT2D eigenvalue weighted by Gasteiger charge is -2.18. The molecule has 0 amide bonds. The molecule has 1 rings (SSSR count). The summed E-state index contributed by atoms with van der Waals surface area (Å²) >= 11 is 0. The Morgan fingerprint density at radius 2 is 2.10 bits per heavy atom. The summed E-state index contributed by atoms with van der Waals surface area (Å²) in [5, 5.41) is 3.11. The van der Waals surface area contributed by atoms with Crippen molar-refractivity contribution in [2.24, 2.45) is 0 Å². The van der Waals surface area contributed by atoms with E-state index in [1.807, 2.05) is 6.92 Å². The van der Waals surface area contributed by atoms with Gasteiger partial charge in [0.05, 0.1) is 13.2 Å². The largest absolute Gasteiger partial charge is 0.383 e. The highest BCUT2D eigenvalue weighted by molar-refractivity contribution is 5.60. The van der Waals surface area contributed by atoms with E-state index in [1.54, 1.807) is 7.11 Å². The third-order valence-electron chi connectivity index (χ3n) is 3.39. The normalized spacial score (nSPS) is 12.3. The fourth-order valence-electron chi connectivity index (χ4n) is 2.15. The molecule has 7 nitrogen and oxygen atoms in total. The van der Waals surface area contributed by atoms with Crippen LogP contribution in [0.2, 0.25) is 0 Å². The van der Waals surface area contributed by atoms with Crippen molar-refractivity contribution in [1.29, 1.82) is 0 Å². The number of hydrogen-bond acceptors (Lipinski definition) is 5. The molecule has 0 radical (unpaired) electrons. The van der Waals surface area contributed by atoms with Gasteiger partial charge in [0.15, 0.2) is 0 Å². The van der Waals surface area contributed by atoms with Gasteiger partial charge in [-0.1, -0.05) is 26.2 Å². The second kappa shape index (κ2) is 8.51. The molecule has 0 aromatic carbocycles. The molecule has 0 aliphatic rings. The molecule has 0 saturated carbocycles. The van der Waals surface area contributed by atoms with E-state index in [1.165, 1.54) is 4.57 Å². The van der Waals surface area contributed by atoms with Gasteiger partial charge in [0.25, 0.3) is 5.56 Å². The first kappa shape index (κ1) is 17.3. The third kappa shape index (κ3) is 4.93. The van der Waals surface area contributed by atoms with Gasteiger partial charge in [0, 0.05) is 13.2 Å². The van der Waals surface area contributed by atoms with Crippen LogP contribution in [-0.4, -0.2) is 29.3 Å². The predicted octanol–water partition coefficient (Wildman–Crippen LogP) is 1.15. The first-order valence-corrected chi connectivity index (χ1v) is 7.39. The van der Waals surface area contributed by atoms with Gasteiger partial charge in [0.1, 0.15) is 11.5 Å². The lowest BCUT2D eigenvalue weighted by Crippen LogP contribution is -2.36. The number of anilines is 2. The van der Waals surface area contributed by atoms with Crippen molar-refractivity contribution in [1.82, 2.24) is 9.55 Å². The van der Waals surface area contributed by atoms with E-state index in [-0.39, 0.29) is 17.5 Å². The maximum atomic E-state index is 11.9. The van der Waals surface area contributed by atoms with Gasteiger partial charge in [-0.05, 0) is 13.3 Å². The molecular weight excluding hydrogens is 272 g/mol. The van der Waals surface area contributed by atoms with E-state index in [0.29, 0.717) is 13.2 Å². The van der Waals surface area contributed by atoms with Gasteiger partial charge in [-0.3, -0.25) is 14.3 Å². The Balaban J connectivity index is 2.91. The van der Waals surface area contributed by atoms with Crippen molar-refractivity contribution in [3.63, 3.8) is 0 Å². The highest BCUT2D eigenvalue weighted by Crippen LogP contribution is 2.14. The lowest BCUT2D eigenvalue weighted by molar-refractivity contribution is 0.186. The molecule has 4 N–H and O–H groups in total. The zero-order chi connectivity index (χ0) is 15.8. The number of H-pyrrole nitrogens is 1. The lowest BCUT2D eigenvalue weighted by atomic mass is 10.1. The van der Waals surface area contributed by atoms with Crippen LogP contribution < -0.4 is 22.3 Å². The quantitative estimate of drug-likeness (QED) is 0.593.